The van der Waals surface area contributed by atoms with E-state index in [-0.39, 0.29) is 48.8 Å². The first kappa shape index (κ1) is 95.5. The molecule has 4 N–H and O–H groups in total. The Kier molecular flexibility index (Phi) is 67.0. The molecule has 4 atom stereocenters. The fraction of sp³-hybridized carbons (Fsp3) is 0.827. The zero-order valence-electron chi connectivity index (χ0n) is 64.6. The van der Waals surface area contributed by atoms with Gasteiger partial charge in [-0.3, -0.25) is 43.5 Å². The Morgan fingerprint density at radius 3 is 0.780 bits per heavy atom. The van der Waals surface area contributed by atoms with Crippen molar-refractivity contribution in [2.75, 3.05) is 113 Å². The minimum absolute atomic E-state index is 0.0324. The molecule has 0 aliphatic carbocycles. The number of esters is 4. The van der Waals surface area contributed by atoms with Crippen molar-refractivity contribution >= 4 is 35.7 Å². The smallest absolute Gasteiger partial charge is 0.306 e. The van der Waals surface area contributed by atoms with E-state index in [0.717, 1.165) is 103 Å². The molecule has 100 heavy (non-hydrogen) atoms. The van der Waals surface area contributed by atoms with Gasteiger partial charge in [-0.25, -0.2) is 0 Å². The third-order valence-electron chi connectivity index (χ3n) is 18.1. The summed E-state index contributed by atoms with van der Waals surface area (Å²) in [6.07, 6.45) is 50.0. The lowest BCUT2D eigenvalue weighted by Gasteiger charge is -2.29. The maximum atomic E-state index is 13.6. The second-order valence-electron chi connectivity index (χ2n) is 28.1. The van der Waals surface area contributed by atoms with Crippen molar-refractivity contribution in [1.29, 1.82) is 0 Å². The summed E-state index contributed by atoms with van der Waals surface area (Å²) in [5.74, 6) is -1.15. The number of unbranched alkanes of at least 4 members (excludes halogenated alkanes) is 24. The number of aliphatic hydroxyl groups is 4. The van der Waals surface area contributed by atoms with Gasteiger partial charge in [0, 0.05) is 92.1 Å². The molecule has 0 rings (SSSR count). The molecule has 0 radical (unpaired) electrons. The highest BCUT2D eigenvalue weighted by Crippen LogP contribution is 2.16. The predicted octanol–water partition coefficient (Wildman–Crippen LogP) is 14.7. The monoisotopic (exact) mass is 1420 g/mol. The van der Waals surface area contributed by atoms with E-state index in [0.29, 0.717) is 169 Å². The largest absolute Gasteiger partial charge is 0.461 e. The van der Waals surface area contributed by atoms with Crippen LogP contribution < -0.4 is 0 Å². The highest BCUT2D eigenvalue weighted by atomic mass is 16.5. The lowest BCUT2D eigenvalue weighted by molar-refractivity contribution is -0.143. The summed E-state index contributed by atoms with van der Waals surface area (Å²) in [5, 5.41) is 44.9. The average Bonchev–Trinajstić information content (AvgIpc) is 1.10. The lowest BCUT2D eigenvalue weighted by atomic mass is 10.1. The van der Waals surface area contributed by atoms with Crippen molar-refractivity contribution in [2.45, 2.75) is 322 Å². The summed E-state index contributed by atoms with van der Waals surface area (Å²) in [5.41, 5.74) is 0. The van der Waals surface area contributed by atoms with Crippen molar-refractivity contribution in [3.8, 4) is 0 Å². The van der Waals surface area contributed by atoms with Crippen LogP contribution in [-0.4, -0.2) is 218 Å². The van der Waals surface area contributed by atoms with Gasteiger partial charge in [0.2, 0.25) is 11.8 Å². The second-order valence-corrected chi connectivity index (χ2v) is 28.1. The van der Waals surface area contributed by atoms with E-state index in [1.54, 1.807) is 35.8 Å². The Morgan fingerprint density at radius 2 is 0.540 bits per heavy atom. The van der Waals surface area contributed by atoms with Crippen LogP contribution in [0.25, 0.3) is 0 Å². The molecule has 19 nitrogen and oxygen atoms in total. The van der Waals surface area contributed by atoms with E-state index < -0.39 is 24.4 Å². The standard InChI is InChI=1S/C81H149N5O14/c1-8-12-16-20-24-28-44-62-97-78(93)54-40-32-36-50-72(87)66-85(67-73(88)51-37-33-41-55-79(94)98-63-45-29-25-21-17-13-9-2)60-48-58-83(6)76(91)70-82(5)71-77(92)84(7)59-49-61-86(68-74(89)52-38-34-42-56-80(95)99-64-46-30-26-22-18-14-10-3)69-75(90)53-39-35-43-57-81(96)100-65-47-31-27-23-19-15-11-4/h28-31,44-47,72-75,87-90H,8-27,32-43,48-71H2,1-7H3/b44-28-,45-29-,46-30-,47-31-. The van der Waals surface area contributed by atoms with Crippen LogP contribution in [0.3, 0.4) is 0 Å². The van der Waals surface area contributed by atoms with Crippen LogP contribution in [0.15, 0.2) is 48.6 Å². The van der Waals surface area contributed by atoms with E-state index in [9.17, 15) is 49.2 Å². The van der Waals surface area contributed by atoms with Gasteiger partial charge in [0.1, 0.15) is 26.4 Å². The number of aliphatic hydroxyl groups excluding tert-OH is 4. The zero-order chi connectivity index (χ0) is 73.7. The summed E-state index contributed by atoms with van der Waals surface area (Å²) in [7, 11) is 5.23. The number of nitrogens with zero attached hydrogens (tertiary/aromatic N) is 5. The summed E-state index contributed by atoms with van der Waals surface area (Å²) < 4.78 is 21.5. The van der Waals surface area contributed by atoms with E-state index in [1.807, 2.05) is 24.3 Å². The van der Waals surface area contributed by atoms with Gasteiger partial charge in [-0.05, 0) is 123 Å². The first-order valence-electron chi connectivity index (χ1n) is 40.0. The molecule has 0 aliphatic heterocycles. The Balaban J connectivity index is 5.40. The first-order chi connectivity index (χ1) is 48.4. The highest BCUT2D eigenvalue weighted by molar-refractivity contribution is 5.81. The van der Waals surface area contributed by atoms with Crippen LogP contribution in [0.4, 0.5) is 0 Å². The molecule has 0 saturated carbocycles. The van der Waals surface area contributed by atoms with E-state index in [2.05, 4.69) is 61.8 Å². The maximum absolute atomic E-state index is 13.6. The summed E-state index contributed by atoms with van der Waals surface area (Å²) in [4.78, 5) is 85.5. The molecule has 2 amide bonds. The number of carbonyl (C=O) groups is 6. The Labute approximate surface area is 609 Å². The summed E-state index contributed by atoms with van der Waals surface area (Å²) >= 11 is 0. The first-order valence-corrected chi connectivity index (χ1v) is 40.0. The van der Waals surface area contributed by atoms with Crippen LogP contribution >= 0.6 is 0 Å². The number of likely N-dealkylation sites (N-methyl/N-ethyl adjacent to an activating group) is 3. The van der Waals surface area contributed by atoms with Crippen molar-refractivity contribution in [1.82, 2.24) is 24.5 Å². The lowest BCUT2D eigenvalue weighted by Crippen LogP contribution is -2.44. The minimum Gasteiger partial charge on any atom is -0.461 e. The molecule has 0 aromatic heterocycles. The number of carbonyl (C=O) groups excluding carboxylic acids is 6. The molecule has 582 valence electrons. The van der Waals surface area contributed by atoms with E-state index >= 15 is 0 Å². The van der Waals surface area contributed by atoms with Crippen LogP contribution in [0.2, 0.25) is 0 Å². The number of amides is 2. The number of hydrogen-bond acceptors (Lipinski definition) is 17. The van der Waals surface area contributed by atoms with Gasteiger partial charge in [0.15, 0.2) is 0 Å². The van der Waals surface area contributed by atoms with Crippen LogP contribution in [0.5, 0.6) is 0 Å². The van der Waals surface area contributed by atoms with Crippen molar-refractivity contribution < 1.29 is 68.1 Å². The van der Waals surface area contributed by atoms with Crippen molar-refractivity contribution in [3.05, 3.63) is 48.6 Å². The van der Waals surface area contributed by atoms with Gasteiger partial charge >= 0.3 is 23.9 Å². The number of ether oxygens (including phenoxy) is 4. The molecule has 0 aromatic rings. The maximum Gasteiger partial charge on any atom is 0.306 e. The second kappa shape index (κ2) is 70.2. The van der Waals surface area contributed by atoms with Crippen molar-refractivity contribution in [3.63, 3.8) is 0 Å². The van der Waals surface area contributed by atoms with Gasteiger partial charge in [-0.15, -0.1) is 0 Å². The van der Waals surface area contributed by atoms with Crippen LogP contribution in [0.1, 0.15) is 297 Å². The molecule has 0 saturated heterocycles. The SMILES string of the molecule is CCCCCC/C=C\COC(=O)CCCCCC(O)CN(CCCN(C)C(=O)CN(C)CC(=O)N(C)CCCN(CC(O)CCCCCC(=O)OC/C=C\CCCCCC)CC(O)CCCCCC(=O)OC/C=C\CCCCCC)CC(O)CCCCCC(=O)OC/C=C\CCCCCC. The fourth-order valence-corrected chi connectivity index (χ4v) is 11.8. The molecule has 19 heteroatoms. The normalized spacial score (nSPS) is 13.2. The molecule has 0 fully saturated rings. The Hall–Kier alpha value is -4.50. The third kappa shape index (κ3) is 64.3. The zero-order valence-corrected chi connectivity index (χ0v) is 64.6. The quantitative estimate of drug-likeness (QED) is 0.0192. The topological polar surface area (TPSA) is 236 Å². The predicted molar refractivity (Wildman–Crippen MR) is 407 cm³/mol. The molecule has 0 heterocycles. The van der Waals surface area contributed by atoms with E-state index in [4.69, 9.17) is 18.9 Å². The summed E-state index contributed by atoms with van der Waals surface area (Å²) in [6, 6.07) is 0. The fourth-order valence-electron chi connectivity index (χ4n) is 11.8. The molecule has 0 aromatic carbocycles. The molecule has 0 spiro atoms. The average molecular weight is 1420 g/mol. The third-order valence-corrected chi connectivity index (χ3v) is 18.1. The number of rotatable bonds is 72. The molecular weight excluding hydrogens is 1270 g/mol. The van der Waals surface area contributed by atoms with Crippen molar-refractivity contribution in [2.24, 2.45) is 0 Å². The molecule has 0 aliphatic rings. The van der Waals surface area contributed by atoms with Crippen LogP contribution in [-0.2, 0) is 47.7 Å². The Morgan fingerprint density at radius 1 is 0.300 bits per heavy atom. The van der Waals surface area contributed by atoms with Gasteiger partial charge in [0.25, 0.3) is 0 Å². The van der Waals surface area contributed by atoms with Gasteiger partial charge in [0.05, 0.1) is 37.5 Å². The number of allylic oxidation sites excluding steroid dienone is 4. The van der Waals surface area contributed by atoms with Gasteiger partial charge < -0.3 is 49.2 Å². The van der Waals surface area contributed by atoms with Crippen LogP contribution in [0, 0.1) is 0 Å². The molecular formula is C81H149N5O14. The molecule has 0 bridgehead atoms. The minimum atomic E-state index is -0.647. The van der Waals surface area contributed by atoms with E-state index in [1.165, 1.54) is 77.0 Å². The molecule has 4 unspecified atom stereocenters. The summed E-state index contributed by atoms with van der Waals surface area (Å²) in [6.45, 7) is 13.3. The van der Waals surface area contributed by atoms with Gasteiger partial charge in [-0.1, -0.05) is 205 Å². The number of hydrogen-bond donors (Lipinski definition) is 4. The Bertz CT molecular complexity index is 1840. The highest BCUT2D eigenvalue weighted by Gasteiger charge is 2.21. The van der Waals surface area contributed by atoms with Gasteiger partial charge in [-0.2, -0.15) is 0 Å².